The van der Waals surface area contributed by atoms with Crippen molar-refractivity contribution in [2.24, 2.45) is 0 Å². The van der Waals surface area contributed by atoms with Crippen LogP contribution in [0.2, 0.25) is 0 Å². The van der Waals surface area contributed by atoms with Gasteiger partial charge in [0.15, 0.2) is 0 Å². The zero-order valence-electron chi connectivity index (χ0n) is 15.4. The fourth-order valence-electron chi connectivity index (χ4n) is 2.61. The Balaban J connectivity index is 1.36. The lowest BCUT2D eigenvalue weighted by atomic mass is 10.3. The number of hydrogen-bond acceptors (Lipinski definition) is 5. The molecule has 4 rings (SSSR count). The molecule has 0 radical (unpaired) electrons. The Bertz CT molecular complexity index is 1070. The number of anilines is 3. The van der Waals surface area contributed by atoms with Crippen molar-refractivity contribution in [3.05, 3.63) is 103 Å². The monoisotopic (exact) mass is 382 g/mol. The SMILES string of the molecule is O=C(Nc1ccc(Oc2ccccc2)cc1)c1cnc(Nc2ccccc2)cn1. The van der Waals surface area contributed by atoms with Gasteiger partial charge in [0.2, 0.25) is 0 Å². The van der Waals surface area contributed by atoms with Crippen molar-refractivity contribution in [1.82, 2.24) is 9.97 Å². The molecule has 0 fully saturated rings. The van der Waals surface area contributed by atoms with Gasteiger partial charge in [0.1, 0.15) is 23.0 Å². The Hall–Kier alpha value is -4.19. The fraction of sp³-hybridized carbons (Fsp3) is 0. The maximum absolute atomic E-state index is 12.4. The van der Waals surface area contributed by atoms with Crippen LogP contribution in [0, 0.1) is 0 Å². The molecule has 142 valence electrons. The Morgan fingerprint density at radius 3 is 2.00 bits per heavy atom. The van der Waals surface area contributed by atoms with Crippen LogP contribution in [0.15, 0.2) is 97.3 Å². The van der Waals surface area contributed by atoms with Crippen LogP contribution in [-0.4, -0.2) is 15.9 Å². The average Bonchev–Trinajstić information content (AvgIpc) is 2.77. The van der Waals surface area contributed by atoms with Crippen LogP contribution < -0.4 is 15.4 Å². The molecule has 1 heterocycles. The molecule has 6 heteroatoms. The third kappa shape index (κ3) is 4.95. The van der Waals surface area contributed by atoms with E-state index in [2.05, 4.69) is 20.6 Å². The third-order valence-electron chi connectivity index (χ3n) is 4.02. The summed E-state index contributed by atoms with van der Waals surface area (Å²) < 4.78 is 5.74. The molecule has 0 atom stereocenters. The molecule has 0 saturated heterocycles. The van der Waals surface area contributed by atoms with Crippen molar-refractivity contribution in [2.75, 3.05) is 10.6 Å². The second-order valence-corrected chi connectivity index (χ2v) is 6.17. The van der Waals surface area contributed by atoms with Gasteiger partial charge in [0.05, 0.1) is 12.4 Å². The molecule has 1 amide bonds. The minimum Gasteiger partial charge on any atom is -0.457 e. The lowest BCUT2D eigenvalue weighted by molar-refractivity contribution is 0.102. The van der Waals surface area contributed by atoms with E-state index >= 15 is 0 Å². The highest BCUT2D eigenvalue weighted by Crippen LogP contribution is 2.22. The Labute approximate surface area is 168 Å². The number of benzene rings is 3. The summed E-state index contributed by atoms with van der Waals surface area (Å²) >= 11 is 0. The fourth-order valence-corrected chi connectivity index (χ4v) is 2.61. The van der Waals surface area contributed by atoms with Crippen LogP contribution in [0.25, 0.3) is 0 Å². The number of carbonyl (C=O) groups is 1. The first-order valence-electron chi connectivity index (χ1n) is 9.05. The van der Waals surface area contributed by atoms with Gasteiger partial charge in [0, 0.05) is 11.4 Å². The summed E-state index contributed by atoms with van der Waals surface area (Å²) in [5, 5.41) is 5.93. The quantitative estimate of drug-likeness (QED) is 0.475. The number of nitrogens with one attached hydrogen (secondary N) is 2. The van der Waals surface area contributed by atoms with E-state index in [1.54, 1.807) is 24.3 Å². The van der Waals surface area contributed by atoms with Gasteiger partial charge < -0.3 is 15.4 Å². The molecule has 0 aliphatic rings. The first kappa shape index (κ1) is 18.2. The number of nitrogens with zero attached hydrogens (tertiary/aromatic N) is 2. The predicted octanol–water partition coefficient (Wildman–Crippen LogP) is 5.26. The van der Waals surface area contributed by atoms with Gasteiger partial charge in [-0.2, -0.15) is 0 Å². The number of ether oxygens (including phenoxy) is 1. The number of rotatable bonds is 6. The minimum atomic E-state index is -0.333. The van der Waals surface area contributed by atoms with Gasteiger partial charge in [-0.3, -0.25) is 4.79 Å². The normalized spacial score (nSPS) is 10.2. The average molecular weight is 382 g/mol. The molecular weight excluding hydrogens is 364 g/mol. The molecule has 0 aliphatic carbocycles. The molecule has 0 bridgehead atoms. The zero-order chi connectivity index (χ0) is 19.9. The molecule has 6 nitrogen and oxygen atoms in total. The molecular formula is C23H18N4O2. The summed E-state index contributed by atoms with van der Waals surface area (Å²) in [4.78, 5) is 20.8. The molecule has 4 aromatic rings. The van der Waals surface area contributed by atoms with Gasteiger partial charge in [-0.05, 0) is 48.5 Å². The Kier molecular flexibility index (Phi) is 5.43. The van der Waals surface area contributed by atoms with Crippen LogP contribution in [0.5, 0.6) is 11.5 Å². The smallest absolute Gasteiger partial charge is 0.275 e. The van der Waals surface area contributed by atoms with Crippen LogP contribution in [-0.2, 0) is 0 Å². The highest BCUT2D eigenvalue weighted by molar-refractivity contribution is 6.02. The first-order valence-corrected chi connectivity index (χ1v) is 9.05. The largest absolute Gasteiger partial charge is 0.457 e. The molecule has 2 N–H and O–H groups in total. The highest BCUT2D eigenvalue weighted by Gasteiger charge is 2.09. The molecule has 0 spiro atoms. The maximum atomic E-state index is 12.4. The number of aromatic nitrogens is 2. The summed E-state index contributed by atoms with van der Waals surface area (Å²) in [7, 11) is 0. The van der Waals surface area contributed by atoms with Crippen molar-refractivity contribution in [2.45, 2.75) is 0 Å². The molecule has 1 aromatic heterocycles. The lowest BCUT2D eigenvalue weighted by Gasteiger charge is -2.08. The van der Waals surface area contributed by atoms with E-state index in [9.17, 15) is 4.79 Å². The zero-order valence-corrected chi connectivity index (χ0v) is 15.4. The van der Waals surface area contributed by atoms with Crippen LogP contribution in [0.3, 0.4) is 0 Å². The van der Waals surface area contributed by atoms with E-state index in [0.29, 0.717) is 17.3 Å². The summed E-state index contributed by atoms with van der Waals surface area (Å²) in [6, 6.07) is 26.3. The van der Waals surface area contributed by atoms with Gasteiger partial charge in [-0.25, -0.2) is 9.97 Å². The van der Waals surface area contributed by atoms with Gasteiger partial charge in [-0.1, -0.05) is 36.4 Å². The first-order chi connectivity index (χ1) is 14.3. The van der Waals surface area contributed by atoms with Gasteiger partial charge in [-0.15, -0.1) is 0 Å². The highest BCUT2D eigenvalue weighted by atomic mass is 16.5. The van der Waals surface area contributed by atoms with E-state index in [1.165, 1.54) is 12.4 Å². The number of hydrogen-bond donors (Lipinski definition) is 2. The van der Waals surface area contributed by atoms with Crippen molar-refractivity contribution >= 4 is 23.1 Å². The van der Waals surface area contributed by atoms with Gasteiger partial charge >= 0.3 is 0 Å². The molecule has 0 unspecified atom stereocenters. The lowest BCUT2D eigenvalue weighted by Crippen LogP contribution is -2.14. The third-order valence-corrected chi connectivity index (χ3v) is 4.02. The van der Waals surface area contributed by atoms with E-state index in [0.717, 1.165) is 11.4 Å². The van der Waals surface area contributed by atoms with Crippen LogP contribution in [0.1, 0.15) is 10.5 Å². The van der Waals surface area contributed by atoms with E-state index < -0.39 is 0 Å². The van der Waals surface area contributed by atoms with E-state index in [4.69, 9.17) is 4.74 Å². The van der Waals surface area contributed by atoms with Crippen LogP contribution >= 0.6 is 0 Å². The number of para-hydroxylation sites is 2. The summed E-state index contributed by atoms with van der Waals surface area (Å²) in [6.45, 7) is 0. The summed E-state index contributed by atoms with van der Waals surface area (Å²) in [6.07, 6.45) is 2.96. The molecule has 0 aliphatic heterocycles. The van der Waals surface area contributed by atoms with Crippen molar-refractivity contribution in [3.8, 4) is 11.5 Å². The van der Waals surface area contributed by atoms with E-state index in [-0.39, 0.29) is 11.6 Å². The maximum Gasteiger partial charge on any atom is 0.275 e. The molecule has 0 saturated carbocycles. The van der Waals surface area contributed by atoms with E-state index in [1.807, 2.05) is 60.7 Å². The topological polar surface area (TPSA) is 76.1 Å². The standard InChI is InChI=1S/C23H18N4O2/c28-23(21-15-25-22(16-24-21)26-17-7-3-1-4-8-17)27-18-11-13-20(14-12-18)29-19-9-5-2-6-10-19/h1-16H,(H,25,26)(H,27,28). The Morgan fingerprint density at radius 1 is 0.690 bits per heavy atom. The van der Waals surface area contributed by atoms with Crippen molar-refractivity contribution in [3.63, 3.8) is 0 Å². The molecule has 3 aromatic carbocycles. The predicted molar refractivity (Wildman–Crippen MR) is 113 cm³/mol. The van der Waals surface area contributed by atoms with Gasteiger partial charge in [0.25, 0.3) is 5.91 Å². The number of amides is 1. The minimum absolute atomic E-state index is 0.230. The summed E-state index contributed by atoms with van der Waals surface area (Å²) in [5.74, 6) is 1.67. The second-order valence-electron chi connectivity index (χ2n) is 6.17. The Morgan fingerprint density at radius 2 is 1.34 bits per heavy atom. The summed E-state index contributed by atoms with van der Waals surface area (Å²) in [5.41, 5.74) is 1.77. The second kappa shape index (κ2) is 8.67. The van der Waals surface area contributed by atoms with Crippen molar-refractivity contribution in [1.29, 1.82) is 0 Å². The molecule has 29 heavy (non-hydrogen) atoms. The number of carbonyl (C=O) groups excluding carboxylic acids is 1. The van der Waals surface area contributed by atoms with Crippen LogP contribution in [0.4, 0.5) is 17.2 Å². The van der Waals surface area contributed by atoms with Crippen molar-refractivity contribution < 1.29 is 9.53 Å².